The van der Waals surface area contributed by atoms with Crippen molar-refractivity contribution in [2.75, 3.05) is 85.9 Å². The summed E-state index contributed by atoms with van der Waals surface area (Å²) in [6.07, 6.45) is 21.2. The zero-order valence-corrected chi connectivity index (χ0v) is 63.8. The Morgan fingerprint density at radius 1 is 0.313 bits per heavy atom. The van der Waals surface area contributed by atoms with Crippen LogP contribution in [-0.2, 0) is 23.7 Å². The van der Waals surface area contributed by atoms with Crippen molar-refractivity contribution in [3.8, 4) is 0 Å². The van der Waals surface area contributed by atoms with E-state index in [2.05, 4.69) is 131 Å². The molecule has 8 aliphatic rings. The molecule has 4 atom stereocenters. The number of nitrogens with zero attached hydrogens (tertiary/aromatic N) is 2. The highest BCUT2D eigenvalue weighted by Crippen LogP contribution is 2.30. The van der Waals surface area contributed by atoms with E-state index in [9.17, 15) is 0 Å². The summed E-state index contributed by atoms with van der Waals surface area (Å²) in [5, 5.41) is 6.69. The highest BCUT2D eigenvalue weighted by Gasteiger charge is 2.21. The van der Waals surface area contributed by atoms with E-state index in [1.54, 1.807) is 0 Å². The van der Waals surface area contributed by atoms with E-state index in [1.807, 2.05) is 111 Å². The zero-order chi connectivity index (χ0) is 66.0. The predicted octanol–water partition coefficient (Wildman–Crippen LogP) is 21.5. The fourth-order valence-corrected chi connectivity index (χ4v) is 9.80. The van der Waals surface area contributed by atoms with Crippen LogP contribution in [0.25, 0.3) is 0 Å². The predicted molar refractivity (Wildman–Crippen MR) is 380 cm³/mol. The molecule has 8 rings (SSSR count). The molecule has 0 spiro atoms. The molecule has 4 unspecified atom stereocenters. The van der Waals surface area contributed by atoms with Gasteiger partial charge in [-0.25, -0.2) is 0 Å². The molecule has 9 nitrogen and oxygen atoms in total. The Bertz CT molecular complexity index is 876. The molecular weight excluding hydrogens is 1020 g/mol. The smallest absolute Gasteiger partial charge is 0.0993 e. The van der Waals surface area contributed by atoms with Crippen LogP contribution in [-0.4, -0.2) is 126 Å². The van der Waals surface area contributed by atoms with Crippen molar-refractivity contribution in [3.63, 3.8) is 0 Å². The maximum absolute atomic E-state index is 5.54. The summed E-state index contributed by atoms with van der Waals surface area (Å²) in [7, 11) is 0. The van der Waals surface area contributed by atoms with Crippen LogP contribution in [0.3, 0.4) is 0 Å². The van der Waals surface area contributed by atoms with Gasteiger partial charge in [-0.3, -0.25) is 10.2 Å². The maximum atomic E-state index is 5.54. The van der Waals surface area contributed by atoms with E-state index in [-0.39, 0.29) is 0 Å². The van der Waals surface area contributed by atoms with Crippen LogP contribution in [0.4, 0.5) is 0 Å². The molecule has 0 amide bonds. The third-order valence-corrected chi connectivity index (χ3v) is 15.5. The van der Waals surface area contributed by atoms with Gasteiger partial charge in [-0.05, 0) is 171 Å². The van der Waals surface area contributed by atoms with Gasteiger partial charge in [0.25, 0.3) is 0 Å². The molecule has 1 aliphatic carbocycles. The molecule has 0 radical (unpaired) electrons. The highest BCUT2D eigenvalue weighted by atomic mass is 16.5. The van der Waals surface area contributed by atoms with Crippen LogP contribution in [0.15, 0.2) is 0 Å². The van der Waals surface area contributed by atoms with E-state index in [4.69, 9.17) is 23.7 Å². The van der Waals surface area contributed by atoms with Gasteiger partial charge in [-0.1, -0.05) is 220 Å². The van der Waals surface area contributed by atoms with Crippen molar-refractivity contribution < 1.29 is 23.7 Å². The first kappa shape index (κ1) is 98.9. The van der Waals surface area contributed by atoms with E-state index < -0.39 is 0 Å². The van der Waals surface area contributed by atoms with Gasteiger partial charge in [0, 0.05) is 63.7 Å². The standard InChI is InChI=1S/3C8H16O.C8H16.2C7H15N.2C6H13NO.8C2H6/c1-7(2)8-3-5-9-6-4-8;1-7(2)8-4-3-5-9-6-8;1-7(2)8-5-3-4-6-9-8;2*1-7(2)8-5-3-4-6-8;1-6(2)7-4-3-5-8-7;1-5(2)6-3-8-4-7-6;1-6(2)7-3-4-8-5-7;8*1-2/h3*7-8H,3-6H2,1-2H3;7-8H,3-6H2,1-2H3;7H,3-6H2,1-2H3;6-8H,3-5H2,1-2H3;5-7H,3-4H2,1-2H3;6H,3-5H2,1-2H3;8*1-2H3. The number of rotatable bonds is 8. The quantitative estimate of drug-likeness (QED) is 0.247. The third kappa shape index (κ3) is 63.0. The number of nitrogens with one attached hydrogen (secondary N) is 2. The van der Waals surface area contributed by atoms with Gasteiger partial charge in [0.1, 0.15) is 0 Å². The summed E-state index contributed by atoms with van der Waals surface area (Å²) in [5.74, 6) is 7.68. The minimum absolute atomic E-state index is 0.554. The molecular formula is C74H168N4O5. The fourth-order valence-electron chi connectivity index (χ4n) is 9.80. The molecule has 0 aromatic heterocycles. The van der Waals surface area contributed by atoms with Crippen LogP contribution >= 0.6 is 0 Å². The summed E-state index contributed by atoms with van der Waals surface area (Å²) >= 11 is 0. The molecule has 83 heavy (non-hydrogen) atoms. The number of ether oxygens (including phenoxy) is 5. The van der Waals surface area contributed by atoms with Crippen molar-refractivity contribution >= 4 is 0 Å². The first-order valence-corrected chi connectivity index (χ1v) is 36.8. The van der Waals surface area contributed by atoms with Crippen molar-refractivity contribution in [3.05, 3.63) is 0 Å². The number of hydrogen-bond donors (Lipinski definition) is 2. The Balaban J connectivity index is -0.000000125. The lowest BCUT2D eigenvalue weighted by molar-refractivity contribution is -0.0115. The molecule has 8 fully saturated rings. The summed E-state index contributed by atoms with van der Waals surface area (Å²) in [6, 6.07) is 2.83. The zero-order valence-electron chi connectivity index (χ0n) is 63.8. The minimum Gasteiger partial charge on any atom is -0.381 e. The topological polar surface area (TPSA) is 76.7 Å². The van der Waals surface area contributed by atoms with Crippen LogP contribution < -0.4 is 10.6 Å². The van der Waals surface area contributed by atoms with Gasteiger partial charge >= 0.3 is 0 Å². The van der Waals surface area contributed by atoms with Gasteiger partial charge in [0.05, 0.1) is 32.8 Å². The average molecular weight is 1190 g/mol. The summed E-state index contributed by atoms with van der Waals surface area (Å²) in [6.45, 7) is 81.5. The second-order valence-electron chi connectivity index (χ2n) is 23.6. The minimum atomic E-state index is 0.554. The second-order valence-corrected chi connectivity index (χ2v) is 23.6. The Hall–Kier alpha value is -0.360. The van der Waals surface area contributed by atoms with Crippen molar-refractivity contribution in [2.24, 2.45) is 53.3 Å². The molecule has 0 aromatic rings. The number of hydrogen-bond acceptors (Lipinski definition) is 9. The van der Waals surface area contributed by atoms with Gasteiger partial charge in [-0.15, -0.1) is 0 Å². The van der Waals surface area contributed by atoms with Crippen molar-refractivity contribution in [1.29, 1.82) is 0 Å². The van der Waals surface area contributed by atoms with Crippen LogP contribution in [0.5, 0.6) is 0 Å². The SMILES string of the molecule is CC.CC.CC.CC.CC.CC.CC.CC.CC(C)C1CCCC1.CC(C)C1CCCCO1.CC(C)C1CCCN1.CC(C)C1CCCOC1.CC(C)C1CCOCC1.CC(C)C1COCN1.CC(C)N1CCCC1.CC(C)N1CCOC1. The molecule has 0 bridgehead atoms. The molecule has 7 aliphatic heterocycles. The van der Waals surface area contributed by atoms with Crippen molar-refractivity contribution in [2.45, 2.75) is 348 Å². The van der Waals surface area contributed by atoms with Gasteiger partial charge in [0.15, 0.2) is 0 Å². The normalized spacial score (nSPS) is 21.7. The number of likely N-dealkylation sites (tertiary alicyclic amines) is 1. The average Bonchev–Trinajstić information content (AvgIpc) is 4.41. The monoisotopic (exact) mass is 1190 g/mol. The Morgan fingerprint density at radius 2 is 0.771 bits per heavy atom. The maximum Gasteiger partial charge on any atom is 0.0993 e. The van der Waals surface area contributed by atoms with E-state index in [1.165, 1.54) is 116 Å². The fraction of sp³-hybridized carbons (Fsp3) is 1.00. The Labute approximate surface area is 529 Å². The first-order chi connectivity index (χ1) is 39.9. The summed E-state index contributed by atoms with van der Waals surface area (Å²) in [5.41, 5.74) is 0. The molecule has 1 saturated carbocycles. The van der Waals surface area contributed by atoms with E-state index in [0.29, 0.717) is 30.0 Å². The van der Waals surface area contributed by atoms with Crippen molar-refractivity contribution in [1.82, 2.24) is 20.4 Å². The largest absolute Gasteiger partial charge is 0.381 e. The molecule has 9 heteroatoms. The van der Waals surface area contributed by atoms with Crippen LogP contribution in [0.1, 0.15) is 318 Å². The van der Waals surface area contributed by atoms with E-state index in [0.717, 1.165) is 120 Å². The lowest BCUT2D eigenvalue weighted by Crippen LogP contribution is -2.28. The Morgan fingerprint density at radius 3 is 1.00 bits per heavy atom. The lowest BCUT2D eigenvalue weighted by Gasteiger charge is -2.25. The second kappa shape index (κ2) is 77.7. The molecule has 7 saturated heterocycles. The third-order valence-electron chi connectivity index (χ3n) is 15.5. The van der Waals surface area contributed by atoms with Gasteiger partial charge < -0.3 is 33.9 Å². The van der Waals surface area contributed by atoms with Crippen LogP contribution in [0, 0.1) is 53.3 Å². The summed E-state index contributed by atoms with van der Waals surface area (Å²) < 4.78 is 26.4. The molecule has 2 N–H and O–H groups in total. The summed E-state index contributed by atoms with van der Waals surface area (Å²) in [4.78, 5) is 4.83. The molecule has 0 aromatic carbocycles. The lowest BCUT2D eigenvalue weighted by atomic mass is 9.89. The van der Waals surface area contributed by atoms with Crippen LogP contribution in [0.2, 0.25) is 0 Å². The first-order valence-electron chi connectivity index (χ1n) is 36.8. The Kier molecular flexibility index (Phi) is 92.6. The van der Waals surface area contributed by atoms with Gasteiger partial charge in [-0.2, -0.15) is 0 Å². The molecule has 514 valence electrons. The highest BCUT2D eigenvalue weighted by molar-refractivity contribution is 4.76. The van der Waals surface area contributed by atoms with E-state index >= 15 is 0 Å². The van der Waals surface area contributed by atoms with Gasteiger partial charge in [0.2, 0.25) is 0 Å². The molecule has 7 heterocycles.